The van der Waals surface area contributed by atoms with E-state index in [1.54, 1.807) is 0 Å². The van der Waals surface area contributed by atoms with Crippen molar-refractivity contribution in [3.8, 4) is 0 Å². The zero-order valence-electron chi connectivity index (χ0n) is 15.6. The average molecular weight is 315 g/mol. The van der Waals surface area contributed by atoms with Gasteiger partial charge in [-0.15, -0.1) is 0 Å². The maximum atomic E-state index is 5.55. The highest BCUT2D eigenvalue weighted by Crippen LogP contribution is 2.03. The van der Waals surface area contributed by atoms with Crippen molar-refractivity contribution in [2.24, 2.45) is 4.99 Å². The molecule has 0 radical (unpaired) electrons. The third-order valence-electron chi connectivity index (χ3n) is 3.61. The standard InChI is InChI=1S/C17H38N4O/c1-7-8-13-22-14-9-10-19-17(18-6)20-11-12-21(15(2)3)16(4)5/h15-16H,7-14H2,1-6H3,(H2,18,19,20). The van der Waals surface area contributed by atoms with Crippen molar-refractivity contribution in [3.05, 3.63) is 0 Å². The zero-order chi connectivity index (χ0) is 16.8. The average Bonchev–Trinajstić information content (AvgIpc) is 2.47. The quantitative estimate of drug-likeness (QED) is 0.330. The van der Waals surface area contributed by atoms with Gasteiger partial charge in [-0.3, -0.25) is 9.89 Å². The van der Waals surface area contributed by atoms with Crippen LogP contribution in [-0.4, -0.2) is 62.8 Å². The second-order valence-corrected chi connectivity index (χ2v) is 6.17. The summed E-state index contributed by atoms with van der Waals surface area (Å²) in [4.78, 5) is 6.73. The minimum Gasteiger partial charge on any atom is -0.381 e. The third-order valence-corrected chi connectivity index (χ3v) is 3.61. The molecule has 0 atom stereocenters. The Morgan fingerprint density at radius 3 is 2.14 bits per heavy atom. The van der Waals surface area contributed by atoms with Crippen LogP contribution >= 0.6 is 0 Å². The molecule has 0 aliphatic rings. The van der Waals surface area contributed by atoms with Gasteiger partial charge in [0, 0.05) is 52.0 Å². The van der Waals surface area contributed by atoms with Gasteiger partial charge in [0.2, 0.25) is 0 Å². The molecule has 0 heterocycles. The molecule has 0 amide bonds. The van der Waals surface area contributed by atoms with Crippen molar-refractivity contribution in [1.29, 1.82) is 0 Å². The summed E-state index contributed by atoms with van der Waals surface area (Å²) < 4.78 is 5.55. The van der Waals surface area contributed by atoms with Gasteiger partial charge in [0.15, 0.2) is 5.96 Å². The Morgan fingerprint density at radius 2 is 1.59 bits per heavy atom. The predicted octanol–water partition coefficient (Wildman–Crippen LogP) is 2.48. The molecule has 2 N–H and O–H groups in total. The van der Waals surface area contributed by atoms with Crippen molar-refractivity contribution >= 4 is 5.96 Å². The first-order chi connectivity index (χ1) is 10.5. The molecular formula is C17H38N4O. The van der Waals surface area contributed by atoms with E-state index in [4.69, 9.17) is 4.74 Å². The fourth-order valence-corrected chi connectivity index (χ4v) is 2.37. The fraction of sp³-hybridized carbons (Fsp3) is 0.941. The lowest BCUT2D eigenvalue weighted by atomic mass is 10.2. The third kappa shape index (κ3) is 10.9. The molecule has 0 aliphatic heterocycles. The number of unbranched alkanes of at least 4 members (excludes halogenated alkanes) is 1. The van der Waals surface area contributed by atoms with Crippen LogP contribution in [0.3, 0.4) is 0 Å². The van der Waals surface area contributed by atoms with Crippen LogP contribution in [0, 0.1) is 0 Å². The van der Waals surface area contributed by atoms with Crippen molar-refractivity contribution in [3.63, 3.8) is 0 Å². The molecule has 0 aromatic carbocycles. The summed E-state index contributed by atoms with van der Waals surface area (Å²) in [5, 5.41) is 6.71. The number of ether oxygens (including phenoxy) is 1. The molecule has 5 nitrogen and oxygen atoms in total. The second kappa shape index (κ2) is 13.8. The number of guanidine groups is 1. The Hall–Kier alpha value is -0.810. The van der Waals surface area contributed by atoms with Crippen LogP contribution in [0.15, 0.2) is 4.99 Å². The van der Waals surface area contributed by atoms with Crippen molar-refractivity contribution in [1.82, 2.24) is 15.5 Å². The van der Waals surface area contributed by atoms with E-state index >= 15 is 0 Å². The molecular weight excluding hydrogens is 276 g/mol. The molecule has 0 rings (SSSR count). The molecule has 22 heavy (non-hydrogen) atoms. The van der Waals surface area contributed by atoms with E-state index in [0.717, 1.165) is 51.6 Å². The summed E-state index contributed by atoms with van der Waals surface area (Å²) in [6.45, 7) is 15.7. The molecule has 132 valence electrons. The summed E-state index contributed by atoms with van der Waals surface area (Å²) in [5.74, 6) is 0.876. The molecule has 0 saturated heterocycles. The van der Waals surface area contributed by atoms with Gasteiger partial charge in [0.25, 0.3) is 0 Å². The molecule has 0 aromatic heterocycles. The molecule has 0 unspecified atom stereocenters. The van der Waals surface area contributed by atoms with E-state index in [1.807, 2.05) is 7.05 Å². The maximum absolute atomic E-state index is 5.55. The Bertz CT molecular complexity index is 272. The minimum absolute atomic E-state index is 0.567. The summed E-state index contributed by atoms with van der Waals surface area (Å²) >= 11 is 0. The Morgan fingerprint density at radius 1 is 1.00 bits per heavy atom. The molecule has 0 spiro atoms. The lowest BCUT2D eigenvalue weighted by Crippen LogP contribution is -2.45. The second-order valence-electron chi connectivity index (χ2n) is 6.17. The Balaban J connectivity index is 3.75. The van der Waals surface area contributed by atoms with Crippen LogP contribution in [0.2, 0.25) is 0 Å². The molecule has 0 saturated carbocycles. The van der Waals surface area contributed by atoms with Gasteiger partial charge >= 0.3 is 0 Å². The Kier molecular flexibility index (Phi) is 13.3. The van der Waals surface area contributed by atoms with Gasteiger partial charge in [0.05, 0.1) is 0 Å². The first-order valence-electron chi connectivity index (χ1n) is 8.80. The molecule has 0 aliphatic carbocycles. The van der Waals surface area contributed by atoms with Crippen LogP contribution in [0.1, 0.15) is 53.9 Å². The van der Waals surface area contributed by atoms with Crippen molar-refractivity contribution in [2.45, 2.75) is 66.0 Å². The fourth-order valence-electron chi connectivity index (χ4n) is 2.37. The van der Waals surface area contributed by atoms with Gasteiger partial charge in [-0.1, -0.05) is 13.3 Å². The number of nitrogens with one attached hydrogen (secondary N) is 2. The van der Waals surface area contributed by atoms with E-state index < -0.39 is 0 Å². The zero-order valence-corrected chi connectivity index (χ0v) is 15.6. The first-order valence-corrected chi connectivity index (χ1v) is 8.80. The molecule has 0 aromatic rings. The normalized spacial score (nSPS) is 12.5. The largest absolute Gasteiger partial charge is 0.381 e. The van der Waals surface area contributed by atoms with E-state index in [2.05, 4.69) is 55.1 Å². The highest BCUT2D eigenvalue weighted by atomic mass is 16.5. The first kappa shape index (κ1) is 21.2. The van der Waals surface area contributed by atoms with Crippen LogP contribution in [0.4, 0.5) is 0 Å². The molecule has 0 bridgehead atoms. The number of nitrogens with zero attached hydrogens (tertiary/aromatic N) is 2. The van der Waals surface area contributed by atoms with Gasteiger partial charge in [0.1, 0.15) is 0 Å². The summed E-state index contributed by atoms with van der Waals surface area (Å²) in [5.41, 5.74) is 0. The predicted molar refractivity (Wildman–Crippen MR) is 96.7 cm³/mol. The van der Waals surface area contributed by atoms with Crippen molar-refractivity contribution in [2.75, 3.05) is 39.9 Å². The highest BCUT2D eigenvalue weighted by molar-refractivity contribution is 5.79. The lowest BCUT2D eigenvalue weighted by molar-refractivity contribution is 0.129. The number of rotatable bonds is 12. The van der Waals surface area contributed by atoms with Crippen LogP contribution in [0.5, 0.6) is 0 Å². The van der Waals surface area contributed by atoms with Gasteiger partial charge in [-0.25, -0.2) is 0 Å². The molecule has 5 heteroatoms. The summed E-state index contributed by atoms with van der Waals surface area (Å²) in [6.07, 6.45) is 3.35. The van der Waals surface area contributed by atoms with E-state index in [9.17, 15) is 0 Å². The number of hydrogen-bond donors (Lipinski definition) is 2. The van der Waals surface area contributed by atoms with Gasteiger partial charge in [-0.05, 0) is 40.5 Å². The summed E-state index contributed by atoms with van der Waals surface area (Å²) in [7, 11) is 1.82. The topological polar surface area (TPSA) is 48.9 Å². The van der Waals surface area contributed by atoms with Crippen molar-refractivity contribution < 1.29 is 4.74 Å². The smallest absolute Gasteiger partial charge is 0.191 e. The highest BCUT2D eigenvalue weighted by Gasteiger charge is 2.12. The minimum atomic E-state index is 0.567. The Labute approximate surface area is 137 Å². The number of aliphatic imine (C=N–C) groups is 1. The van der Waals surface area contributed by atoms with Gasteiger partial charge in [-0.2, -0.15) is 0 Å². The SMILES string of the molecule is CCCCOCCCNC(=NC)NCCN(C(C)C)C(C)C. The van der Waals surface area contributed by atoms with E-state index in [1.165, 1.54) is 6.42 Å². The van der Waals surface area contributed by atoms with Gasteiger partial charge < -0.3 is 15.4 Å². The van der Waals surface area contributed by atoms with Crippen LogP contribution < -0.4 is 10.6 Å². The van der Waals surface area contributed by atoms with E-state index in [-0.39, 0.29) is 0 Å². The lowest BCUT2D eigenvalue weighted by Gasteiger charge is -2.30. The monoisotopic (exact) mass is 314 g/mol. The summed E-state index contributed by atoms with van der Waals surface area (Å²) in [6, 6.07) is 1.13. The van der Waals surface area contributed by atoms with E-state index in [0.29, 0.717) is 12.1 Å². The number of hydrogen-bond acceptors (Lipinski definition) is 3. The van der Waals surface area contributed by atoms with Crippen LogP contribution in [0.25, 0.3) is 0 Å². The van der Waals surface area contributed by atoms with Crippen LogP contribution in [-0.2, 0) is 4.74 Å². The molecule has 0 fully saturated rings. The maximum Gasteiger partial charge on any atom is 0.191 e.